The minimum absolute atomic E-state index is 0.0247. The molecule has 0 fully saturated rings. The zero-order chi connectivity index (χ0) is 47.3. The van der Waals surface area contributed by atoms with Gasteiger partial charge in [0, 0.05) is 29.7 Å². The van der Waals surface area contributed by atoms with Gasteiger partial charge in [-0.1, -0.05) is 6.07 Å². The standard InChI is InChI=1S/C33H35N9O17S5/c1-3-42-28(43)17-20(2)29(30(42)44)41-40-26-19-23(9-12-27(26)62(49,50)51)36-33-38-31(34-21-7-10-24(11-8-21)60(45,46)15-13-58-63(52,53)54)37-32(39-33)35-22-5-4-6-25(18-22)61(47,48)16-14-59-64(55,56)57/h4-12,17-19,44H,3,13-16H2,1-2H3,(H,49,50,51)(H,52,53,54)(H,55,56,57)(H3,34,35,36,37,38,39)/b41-40+. The van der Waals surface area contributed by atoms with Gasteiger partial charge < -0.3 is 21.1 Å². The molecule has 0 spiro atoms. The van der Waals surface area contributed by atoms with Crippen LogP contribution in [0.25, 0.3) is 0 Å². The van der Waals surface area contributed by atoms with Crippen molar-refractivity contribution in [2.75, 3.05) is 40.7 Å². The fourth-order valence-electron chi connectivity index (χ4n) is 5.34. The molecule has 0 saturated carbocycles. The maximum absolute atomic E-state index is 12.9. The number of aromatic hydroxyl groups is 1. The second kappa shape index (κ2) is 19.4. The zero-order valence-corrected chi connectivity index (χ0v) is 36.9. The van der Waals surface area contributed by atoms with E-state index in [1.54, 1.807) is 6.92 Å². The number of nitrogens with zero attached hydrogens (tertiary/aromatic N) is 6. The third kappa shape index (κ3) is 13.5. The van der Waals surface area contributed by atoms with Gasteiger partial charge in [-0.15, -0.1) is 10.2 Å². The lowest BCUT2D eigenvalue weighted by Gasteiger charge is -2.13. The molecule has 0 amide bonds. The minimum atomic E-state index is -4.93. The number of sulfone groups is 2. The third-order valence-electron chi connectivity index (χ3n) is 8.24. The first-order valence-electron chi connectivity index (χ1n) is 17.7. The Morgan fingerprint density at radius 3 is 1.66 bits per heavy atom. The van der Waals surface area contributed by atoms with Crippen molar-refractivity contribution in [3.63, 3.8) is 0 Å². The van der Waals surface area contributed by atoms with Crippen LogP contribution in [0, 0.1) is 6.92 Å². The van der Waals surface area contributed by atoms with Gasteiger partial charge in [-0.25, -0.2) is 25.2 Å². The number of aromatic nitrogens is 4. The molecule has 344 valence electrons. The van der Waals surface area contributed by atoms with E-state index in [9.17, 15) is 56.5 Å². The molecular weight excluding hydrogens is 955 g/mol. The van der Waals surface area contributed by atoms with E-state index in [2.05, 4.69) is 49.5 Å². The summed E-state index contributed by atoms with van der Waals surface area (Å²) in [5.41, 5.74) is -0.688. The Balaban J connectivity index is 1.51. The van der Waals surface area contributed by atoms with Gasteiger partial charge in [0.25, 0.3) is 15.7 Å². The molecule has 0 unspecified atom stereocenters. The van der Waals surface area contributed by atoms with Gasteiger partial charge in [0.1, 0.15) is 16.3 Å². The van der Waals surface area contributed by atoms with Gasteiger partial charge in [0.2, 0.25) is 23.7 Å². The first-order valence-corrected chi connectivity index (χ1v) is 25.1. The van der Waals surface area contributed by atoms with Crippen molar-refractivity contribution >= 4 is 96.9 Å². The second-order valence-electron chi connectivity index (χ2n) is 12.8. The van der Waals surface area contributed by atoms with Crippen LogP contribution in [0.3, 0.4) is 0 Å². The molecule has 0 atom stereocenters. The summed E-state index contributed by atoms with van der Waals surface area (Å²) in [5.74, 6) is -2.99. The highest BCUT2D eigenvalue weighted by molar-refractivity contribution is 7.91. The van der Waals surface area contributed by atoms with Gasteiger partial charge >= 0.3 is 20.8 Å². The minimum Gasteiger partial charge on any atom is -0.493 e. The molecule has 0 bridgehead atoms. The molecular formula is C33H35N9O17S5. The van der Waals surface area contributed by atoms with Gasteiger partial charge in [0.05, 0.1) is 34.5 Å². The summed E-state index contributed by atoms with van der Waals surface area (Å²) in [6.45, 7) is 1.35. The number of anilines is 6. The Bertz CT molecular complexity index is 3240. The molecule has 26 nitrogen and oxygen atoms in total. The summed E-state index contributed by atoms with van der Waals surface area (Å²) in [7, 11) is -23.0. The maximum Gasteiger partial charge on any atom is 0.397 e. The molecule has 0 aliphatic carbocycles. The molecule has 5 rings (SSSR count). The average molecular weight is 990 g/mol. The van der Waals surface area contributed by atoms with E-state index < -0.39 is 97.3 Å². The van der Waals surface area contributed by atoms with Crippen molar-refractivity contribution in [2.45, 2.75) is 35.1 Å². The molecule has 0 aliphatic heterocycles. The number of aryl methyl sites for hydroxylation is 1. The van der Waals surface area contributed by atoms with Crippen LogP contribution in [-0.4, -0.2) is 105 Å². The Morgan fingerprint density at radius 1 is 0.641 bits per heavy atom. The number of azo groups is 1. The molecule has 0 radical (unpaired) electrons. The van der Waals surface area contributed by atoms with Crippen molar-refractivity contribution in [3.8, 4) is 5.88 Å². The molecule has 5 aromatic rings. The fourth-order valence-corrected chi connectivity index (χ4v) is 8.97. The largest absolute Gasteiger partial charge is 0.493 e. The predicted octanol–water partition coefficient (Wildman–Crippen LogP) is 3.15. The third-order valence-corrected chi connectivity index (χ3v) is 13.4. The fraction of sp³-hybridized carbons (Fsp3) is 0.212. The highest BCUT2D eigenvalue weighted by Crippen LogP contribution is 2.34. The van der Waals surface area contributed by atoms with E-state index >= 15 is 0 Å². The van der Waals surface area contributed by atoms with Crippen molar-refractivity contribution in [3.05, 3.63) is 88.7 Å². The van der Waals surface area contributed by atoms with E-state index in [1.165, 1.54) is 49.4 Å². The molecule has 31 heteroatoms. The van der Waals surface area contributed by atoms with Crippen LogP contribution in [0.2, 0.25) is 0 Å². The lowest BCUT2D eigenvalue weighted by molar-refractivity contribution is 0.282. The highest BCUT2D eigenvalue weighted by atomic mass is 32.3. The normalized spacial score (nSPS) is 12.6. The van der Waals surface area contributed by atoms with Crippen LogP contribution < -0.4 is 21.5 Å². The second-order valence-corrected chi connectivity index (χ2v) is 20.6. The molecule has 64 heavy (non-hydrogen) atoms. The Kier molecular flexibility index (Phi) is 14.8. The summed E-state index contributed by atoms with van der Waals surface area (Å²) in [4.78, 5) is 23.9. The Hall–Kier alpha value is -6.03. The SMILES string of the molecule is CCn1c(O)c(/N=N/c2cc(Nc3nc(Nc4ccc(S(=O)(=O)CCOS(=O)(=O)O)cc4)nc(Nc4cccc(S(=O)(=O)CCOS(=O)(=O)O)c4)n3)ccc2S(=O)(=O)O)c(C)cc1=O. The summed E-state index contributed by atoms with van der Waals surface area (Å²) in [6, 6.07) is 14.4. The van der Waals surface area contributed by atoms with E-state index in [-0.39, 0.29) is 62.5 Å². The molecule has 7 N–H and O–H groups in total. The lowest BCUT2D eigenvalue weighted by Crippen LogP contribution is -2.18. The first kappa shape index (κ1) is 49.0. The van der Waals surface area contributed by atoms with Crippen LogP contribution in [0.4, 0.5) is 46.3 Å². The smallest absolute Gasteiger partial charge is 0.397 e. The van der Waals surface area contributed by atoms with Crippen LogP contribution in [-0.2, 0) is 65.5 Å². The number of hydrogen-bond donors (Lipinski definition) is 7. The van der Waals surface area contributed by atoms with E-state index in [0.717, 1.165) is 34.9 Å². The van der Waals surface area contributed by atoms with Crippen molar-refractivity contribution in [1.82, 2.24) is 19.5 Å². The predicted molar refractivity (Wildman–Crippen MR) is 225 cm³/mol. The number of hydrogen-bond acceptors (Lipinski definition) is 22. The molecule has 3 aromatic carbocycles. The summed E-state index contributed by atoms with van der Waals surface area (Å²) < 4.78 is 156. The van der Waals surface area contributed by atoms with Crippen LogP contribution in [0.15, 0.2) is 103 Å². The number of pyridine rings is 1. The Morgan fingerprint density at radius 2 is 1.14 bits per heavy atom. The number of nitrogens with one attached hydrogen (secondary N) is 3. The van der Waals surface area contributed by atoms with Crippen LogP contribution in [0.5, 0.6) is 5.88 Å². The molecule has 0 saturated heterocycles. The summed E-state index contributed by atoms with van der Waals surface area (Å²) >= 11 is 0. The van der Waals surface area contributed by atoms with Gasteiger partial charge in [-0.2, -0.15) is 40.2 Å². The topological polar surface area (TPSA) is 392 Å². The average Bonchev–Trinajstić information content (AvgIpc) is 3.16. The van der Waals surface area contributed by atoms with Gasteiger partial charge in [0.15, 0.2) is 19.7 Å². The van der Waals surface area contributed by atoms with E-state index in [0.29, 0.717) is 0 Å². The van der Waals surface area contributed by atoms with Crippen molar-refractivity contribution in [1.29, 1.82) is 0 Å². The highest BCUT2D eigenvalue weighted by Gasteiger charge is 2.21. The Labute approximate surface area is 364 Å². The molecule has 2 heterocycles. The summed E-state index contributed by atoms with van der Waals surface area (Å²) in [6.07, 6.45) is 0. The maximum atomic E-state index is 12.9. The summed E-state index contributed by atoms with van der Waals surface area (Å²) in [5, 5.41) is 27.0. The number of rotatable bonds is 20. The first-order chi connectivity index (χ1) is 29.7. The van der Waals surface area contributed by atoms with E-state index in [4.69, 9.17) is 9.11 Å². The molecule has 0 aliphatic rings. The van der Waals surface area contributed by atoms with Crippen LogP contribution >= 0.6 is 0 Å². The van der Waals surface area contributed by atoms with Crippen molar-refractivity contribution < 1.29 is 69.2 Å². The van der Waals surface area contributed by atoms with Crippen LogP contribution in [0.1, 0.15) is 12.5 Å². The quantitative estimate of drug-likeness (QED) is 0.0435. The number of benzene rings is 3. The van der Waals surface area contributed by atoms with E-state index in [1.807, 2.05) is 0 Å². The lowest BCUT2D eigenvalue weighted by atomic mass is 10.2. The van der Waals surface area contributed by atoms with Gasteiger partial charge in [-0.3, -0.25) is 23.0 Å². The van der Waals surface area contributed by atoms with Gasteiger partial charge in [-0.05, 0) is 80.1 Å². The van der Waals surface area contributed by atoms with Crippen molar-refractivity contribution in [2.24, 2.45) is 10.2 Å². The monoisotopic (exact) mass is 989 g/mol. The zero-order valence-electron chi connectivity index (χ0n) is 32.8. The molecule has 2 aromatic heterocycles.